The molecule has 1 amide bonds. The van der Waals surface area contributed by atoms with Crippen LogP contribution < -0.4 is 15.7 Å². The Balaban J connectivity index is 1.52. The fourth-order valence-corrected chi connectivity index (χ4v) is 4.01. The van der Waals surface area contributed by atoms with Crippen molar-refractivity contribution in [3.63, 3.8) is 0 Å². The molecule has 8 nitrogen and oxygen atoms in total. The van der Waals surface area contributed by atoms with E-state index in [-0.39, 0.29) is 29.8 Å². The van der Waals surface area contributed by atoms with Gasteiger partial charge in [-0.25, -0.2) is 4.79 Å². The van der Waals surface area contributed by atoms with Crippen LogP contribution in [0.5, 0.6) is 5.75 Å². The number of non-ortho nitro benzene ring substituents is 1. The first-order valence-corrected chi connectivity index (χ1v) is 10.6. The van der Waals surface area contributed by atoms with E-state index in [1.165, 1.54) is 18.2 Å². The molecule has 0 aliphatic rings. The summed E-state index contributed by atoms with van der Waals surface area (Å²) < 4.78 is 10.9. The zero-order valence-corrected chi connectivity index (χ0v) is 17.8. The number of hydrogen-bond donors (Lipinski definition) is 1. The number of benzene rings is 2. The smallest absolute Gasteiger partial charge is 0.336 e. The highest BCUT2D eigenvalue weighted by Gasteiger charge is 2.13. The van der Waals surface area contributed by atoms with E-state index in [1.54, 1.807) is 41.7 Å². The number of nitro groups is 1. The fraction of sp³-hybridized carbons (Fsp3) is 0.130. The first-order valence-electron chi connectivity index (χ1n) is 9.69. The fourth-order valence-electron chi connectivity index (χ4n) is 3.28. The van der Waals surface area contributed by atoms with Gasteiger partial charge in [0.05, 0.1) is 11.0 Å². The lowest BCUT2D eigenvalue weighted by molar-refractivity contribution is -0.384. The molecular formula is C23H18N2O6S. The number of nitrogens with zero attached hydrogens (tertiary/aromatic N) is 1. The number of thiophene rings is 1. The molecule has 4 aromatic rings. The lowest BCUT2D eigenvalue weighted by Crippen LogP contribution is -2.30. The number of carbonyl (C=O) groups is 1. The molecular weight excluding hydrogens is 432 g/mol. The summed E-state index contributed by atoms with van der Waals surface area (Å²) in [5, 5.41) is 16.3. The van der Waals surface area contributed by atoms with Gasteiger partial charge < -0.3 is 14.5 Å². The maximum absolute atomic E-state index is 12.2. The predicted molar refractivity (Wildman–Crippen MR) is 121 cm³/mol. The summed E-state index contributed by atoms with van der Waals surface area (Å²) in [5.74, 6) is 0.104. The third-order valence-corrected chi connectivity index (χ3v) is 5.88. The van der Waals surface area contributed by atoms with Crippen LogP contribution in [-0.4, -0.2) is 17.4 Å². The zero-order valence-electron chi connectivity index (χ0n) is 16.9. The van der Waals surface area contributed by atoms with Crippen molar-refractivity contribution in [1.29, 1.82) is 0 Å². The Hall–Kier alpha value is -3.98. The van der Waals surface area contributed by atoms with E-state index in [1.807, 2.05) is 24.4 Å². The predicted octanol–water partition coefficient (Wildman–Crippen LogP) is 4.69. The van der Waals surface area contributed by atoms with Gasteiger partial charge in [0.1, 0.15) is 11.3 Å². The number of nitro benzene ring substituents is 1. The van der Waals surface area contributed by atoms with Gasteiger partial charge in [-0.1, -0.05) is 6.07 Å². The molecule has 0 spiro atoms. The highest BCUT2D eigenvalue weighted by atomic mass is 32.1. The normalized spacial score (nSPS) is 11.8. The topological polar surface area (TPSA) is 112 Å². The van der Waals surface area contributed by atoms with Gasteiger partial charge in [-0.15, -0.1) is 11.3 Å². The molecule has 0 aliphatic heterocycles. The number of ether oxygens (including phenoxy) is 1. The third-order valence-electron chi connectivity index (χ3n) is 4.82. The second-order valence-electron chi connectivity index (χ2n) is 7.03. The molecule has 0 saturated heterocycles. The number of hydrogen-bond acceptors (Lipinski definition) is 7. The van der Waals surface area contributed by atoms with Crippen molar-refractivity contribution in [1.82, 2.24) is 5.32 Å². The lowest BCUT2D eigenvalue weighted by Gasteiger charge is -2.13. The van der Waals surface area contributed by atoms with E-state index in [2.05, 4.69) is 5.32 Å². The van der Waals surface area contributed by atoms with Gasteiger partial charge in [0, 0.05) is 34.5 Å². The molecule has 0 saturated carbocycles. The monoisotopic (exact) mass is 450 g/mol. The Bertz CT molecular complexity index is 1330. The summed E-state index contributed by atoms with van der Waals surface area (Å²) in [4.78, 5) is 35.7. The summed E-state index contributed by atoms with van der Waals surface area (Å²) in [5.41, 5.74) is 0.911. The van der Waals surface area contributed by atoms with Crippen molar-refractivity contribution >= 4 is 33.9 Å². The maximum atomic E-state index is 12.2. The van der Waals surface area contributed by atoms with Crippen LogP contribution in [0.25, 0.3) is 22.1 Å². The molecule has 32 heavy (non-hydrogen) atoms. The van der Waals surface area contributed by atoms with E-state index in [0.29, 0.717) is 22.3 Å². The summed E-state index contributed by atoms with van der Waals surface area (Å²) in [6, 6.07) is 15.9. The number of fused-ring (bicyclic) bond motifs is 1. The molecule has 4 rings (SSSR count). The van der Waals surface area contributed by atoms with Gasteiger partial charge in [0.2, 0.25) is 0 Å². The zero-order chi connectivity index (χ0) is 22.7. The molecule has 2 aromatic carbocycles. The number of rotatable bonds is 7. The largest absolute Gasteiger partial charge is 0.484 e. The molecule has 9 heteroatoms. The molecule has 162 valence electrons. The Labute approximate surface area is 186 Å². The molecule has 2 aromatic heterocycles. The van der Waals surface area contributed by atoms with Gasteiger partial charge in [-0.05, 0) is 53.8 Å². The van der Waals surface area contributed by atoms with Gasteiger partial charge in [-0.2, -0.15) is 0 Å². The minimum atomic E-state index is -0.564. The van der Waals surface area contributed by atoms with E-state index in [0.717, 1.165) is 4.88 Å². The van der Waals surface area contributed by atoms with Crippen molar-refractivity contribution in [3.05, 3.63) is 91.5 Å². The van der Waals surface area contributed by atoms with E-state index in [4.69, 9.17) is 9.15 Å². The van der Waals surface area contributed by atoms with Crippen LogP contribution in [0, 0.1) is 10.1 Å². The van der Waals surface area contributed by atoms with Crippen LogP contribution in [0.4, 0.5) is 5.69 Å². The third kappa shape index (κ3) is 4.68. The summed E-state index contributed by atoms with van der Waals surface area (Å²) in [6.07, 6.45) is 0. The molecule has 2 heterocycles. The van der Waals surface area contributed by atoms with Crippen LogP contribution in [0.15, 0.2) is 75.3 Å². The molecule has 0 bridgehead atoms. The molecule has 0 aliphatic carbocycles. The summed E-state index contributed by atoms with van der Waals surface area (Å²) in [7, 11) is 0. The Kier molecular flexibility index (Phi) is 6.00. The first-order chi connectivity index (χ1) is 15.4. The van der Waals surface area contributed by atoms with Gasteiger partial charge in [0.25, 0.3) is 11.6 Å². The Morgan fingerprint density at radius 2 is 1.97 bits per heavy atom. The van der Waals surface area contributed by atoms with E-state index >= 15 is 0 Å². The van der Waals surface area contributed by atoms with Crippen molar-refractivity contribution < 1.29 is 18.9 Å². The standard InChI is InChI=1S/C23H18N2O6S/c1-14(21-3-2-10-32-21)24-22(26)13-30-17-8-9-18-19(12-23(27)31-20(18)11-17)15-4-6-16(7-5-15)25(28)29/h2-12,14H,13H2,1H3,(H,24,26). The van der Waals surface area contributed by atoms with E-state index in [9.17, 15) is 19.7 Å². The van der Waals surface area contributed by atoms with Crippen LogP contribution in [0.1, 0.15) is 17.8 Å². The van der Waals surface area contributed by atoms with Crippen molar-refractivity contribution in [2.75, 3.05) is 6.61 Å². The van der Waals surface area contributed by atoms with Gasteiger partial charge >= 0.3 is 5.63 Å². The average Bonchev–Trinajstić information content (AvgIpc) is 3.32. The first kappa shape index (κ1) is 21.3. The quantitative estimate of drug-likeness (QED) is 0.248. The van der Waals surface area contributed by atoms with Gasteiger partial charge in [-0.3, -0.25) is 14.9 Å². The van der Waals surface area contributed by atoms with Crippen LogP contribution >= 0.6 is 11.3 Å². The molecule has 1 atom stereocenters. The lowest BCUT2D eigenvalue weighted by atomic mass is 10.0. The second-order valence-corrected chi connectivity index (χ2v) is 8.01. The summed E-state index contributed by atoms with van der Waals surface area (Å²) >= 11 is 1.56. The maximum Gasteiger partial charge on any atom is 0.336 e. The van der Waals surface area contributed by atoms with E-state index < -0.39 is 10.5 Å². The SMILES string of the molecule is CC(NC(=O)COc1ccc2c(-c3ccc([N+](=O)[O-])cc3)cc(=O)oc2c1)c1cccs1. The minimum absolute atomic E-state index is 0.0385. The van der Waals surface area contributed by atoms with Crippen molar-refractivity contribution in [2.24, 2.45) is 0 Å². The summed E-state index contributed by atoms with van der Waals surface area (Å²) in [6.45, 7) is 1.71. The number of carbonyl (C=O) groups excluding carboxylic acids is 1. The number of amides is 1. The van der Waals surface area contributed by atoms with Crippen molar-refractivity contribution in [2.45, 2.75) is 13.0 Å². The van der Waals surface area contributed by atoms with Gasteiger partial charge in [0.15, 0.2) is 6.61 Å². The number of nitrogens with one attached hydrogen (secondary N) is 1. The average molecular weight is 450 g/mol. The molecule has 1 N–H and O–H groups in total. The highest BCUT2D eigenvalue weighted by molar-refractivity contribution is 7.10. The molecule has 0 fully saturated rings. The Morgan fingerprint density at radius 1 is 1.19 bits per heavy atom. The van der Waals surface area contributed by atoms with Crippen LogP contribution in [0.3, 0.4) is 0 Å². The molecule has 1 unspecified atom stereocenters. The second kappa shape index (κ2) is 9.03. The van der Waals surface area contributed by atoms with Crippen LogP contribution in [0.2, 0.25) is 0 Å². The highest BCUT2D eigenvalue weighted by Crippen LogP contribution is 2.30. The minimum Gasteiger partial charge on any atom is -0.484 e. The Morgan fingerprint density at radius 3 is 2.66 bits per heavy atom. The van der Waals surface area contributed by atoms with Crippen molar-refractivity contribution in [3.8, 4) is 16.9 Å². The molecule has 0 radical (unpaired) electrons. The van der Waals surface area contributed by atoms with Crippen LogP contribution in [-0.2, 0) is 4.79 Å².